The lowest BCUT2D eigenvalue weighted by Gasteiger charge is -2.28. The Morgan fingerprint density at radius 1 is 1.23 bits per heavy atom. The van der Waals surface area contributed by atoms with Crippen LogP contribution in [0, 0.1) is 11.8 Å². The Kier molecular flexibility index (Phi) is 7.54. The van der Waals surface area contributed by atoms with Crippen LogP contribution in [0.25, 0.3) is 0 Å². The molecule has 0 spiro atoms. The number of para-hydroxylation sites is 1. The fourth-order valence-corrected chi connectivity index (χ4v) is 6.17. The molecule has 1 saturated heterocycles. The first kappa shape index (κ1) is 24.5. The molecule has 5 rings (SSSR count). The van der Waals surface area contributed by atoms with Crippen LogP contribution in [0.15, 0.2) is 30.3 Å². The quantitative estimate of drug-likeness (QED) is 0.548. The van der Waals surface area contributed by atoms with Gasteiger partial charge in [0.25, 0.3) is 0 Å². The first-order chi connectivity index (χ1) is 17.0. The van der Waals surface area contributed by atoms with Crippen molar-refractivity contribution in [3.63, 3.8) is 0 Å². The molecule has 1 amide bonds. The van der Waals surface area contributed by atoms with Gasteiger partial charge in [-0.3, -0.25) is 9.69 Å². The van der Waals surface area contributed by atoms with Gasteiger partial charge in [0.1, 0.15) is 5.75 Å². The van der Waals surface area contributed by atoms with Crippen LogP contribution in [0.2, 0.25) is 5.02 Å². The fraction of sp³-hybridized carbons (Fsp3) is 0.552. The summed E-state index contributed by atoms with van der Waals surface area (Å²) >= 11 is 6.61. The van der Waals surface area contributed by atoms with Gasteiger partial charge in [-0.15, -0.1) is 0 Å². The van der Waals surface area contributed by atoms with Gasteiger partial charge in [0.15, 0.2) is 0 Å². The van der Waals surface area contributed by atoms with Gasteiger partial charge in [-0.05, 0) is 72.9 Å². The number of rotatable bonds is 7. The van der Waals surface area contributed by atoms with E-state index in [2.05, 4.69) is 53.2 Å². The van der Waals surface area contributed by atoms with Crippen molar-refractivity contribution in [2.24, 2.45) is 11.8 Å². The first-order valence-corrected chi connectivity index (χ1v) is 13.7. The van der Waals surface area contributed by atoms with Crippen LogP contribution in [0.1, 0.15) is 55.4 Å². The maximum Gasteiger partial charge on any atom is 0.227 e. The van der Waals surface area contributed by atoms with E-state index < -0.39 is 0 Å². The zero-order valence-electron chi connectivity index (χ0n) is 21.1. The molecule has 0 radical (unpaired) electrons. The smallest absolute Gasteiger partial charge is 0.227 e. The molecule has 2 aromatic carbocycles. The number of carbonyl (C=O) groups excluding carboxylic acids is 1. The number of nitrogens with zero attached hydrogens (tertiary/aromatic N) is 2. The summed E-state index contributed by atoms with van der Waals surface area (Å²) < 4.78 is 5.90. The van der Waals surface area contributed by atoms with E-state index in [0.29, 0.717) is 17.5 Å². The molecule has 35 heavy (non-hydrogen) atoms. The summed E-state index contributed by atoms with van der Waals surface area (Å²) in [5, 5.41) is 4.23. The molecule has 2 aromatic rings. The van der Waals surface area contributed by atoms with E-state index in [1.54, 1.807) is 0 Å². The second-order valence-corrected chi connectivity index (χ2v) is 11.2. The molecule has 3 heterocycles. The molecule has 3 aliphatic heterocycles. The molecule has 1 N–H and O–H groups in total. The number of hydrogen-bond donors (Lipinski definition) is 1. The summed E-state index contributed by atoms with van der Waals surface area (Å²) in [5.41, 5.74) is 6.37. The maximum atomic E-state index is 13.7. The van der Waals surface area contributed by atoms with Crippen molar-refractivity contribution in [3.05, 3.63) is 57.6 Å². The van der Waals surface area contributed by atoms with Gasteiger partial charge in [-0.2, -0.15) is 0 Å². The van der Waals surface area contributed by atoms with Crippen LogP contribution in [0.3, 0.4) is 0 Å². The van der Waals surface area contributed by atoms with Gasteiger partial charge in [-0.1, -0.05) is 49.7 Å². The molecule has 0 saturated carbocycles. The maximum absolute atomic E-state index is 13.7. The van der Waals surface area contributed by atoms with Gasteiger partial charge in [-0.25, -0.2) is 0 Å². The molecular weight excluding hydrogens is 458 g/mol. The Morgan fingerprint density at radius 3 is 2.97 bits per heavy atom. The van der Waals surface area contributed by atoms with E-state index in [9.17, 15) is 4.79 Å². The molecular formula is C29H38ClN3O2. The van der Waals surface area contributed by atoms with E-state index in [4.69, 9.17) is 16.3 Å². The number of fused-ring (bicyclic) bond motifs is 2. The minimum atomic E-state index is 0.0538. The average molecular weight is 496 g/mol. The highest BCUT2D eigenvalue weighted by atomic mass is 35.5. The van der Waals surface area contributed by atoms with E-state index in [-0.39, 0.29) is 11.8 Å². The third-order valence-corrected chi connectivity index (χ3v) is 7.77. The van der Waals surface area contributed by atoms with Crippen molar-refractivity contribution in [2.75, 3.05) is 38.1 Å². The molecule has 1 fully saturated rings. The van der Waals surface area contributed by atoms with Crippen LogP contribution in [-0.2, 0) is 30.7 Å². The number of amides is 1. The molecule has 0 bridgehead atoms. The van der Waals surface area contributed by atoms with Gasteiger partial charge >= 0.3 is 0 Å². The third kappa shape index (κ3) is 5.62. The normalized spacial score (nSPS) is 19.6. The molecule has 1 unspecified atom stereocenters. The summed E-state index contributed by atoms with van der Waals surface area (Å²) in [7, 11) is 0. The monoisotopic (exact) mass is 495 g/mol. The van der Waals surface area contributed by atoms with E-state index in [1.807, 2.05) is 6.07 Å². The minimum absolute atomic E-state index is 0.0538. The first-order valence-electron chi connectivity index (χ1n) is 13.3. The molecule has 0 aliphatic carbocycles. The Hall–Kier alpha value is -2.24. The van der Waals surface area contributed by atoms with Crippen molar-refractivity contribution >= 4 is 23.2 Å². The number of halogens is 1. The Bertz CT molecular complexity index is 1070. The lowest BCUT2D eigenvalue weighted by atomic mass is 10.0. The Labute approximate surface area is 214 Å². The van der Waals surface area contributed by atoms with E-state index in [1.165, 1.54) is 22.4 Å². The van der Waals surface area contributed by atoms with Crippen LogP contribution in [0.5, 0.6) is 5.75 Å². The second-order valence-electron chi connectivity index (χ2n) is 10.8. The number of aryl methyl sites for hydroxylation is 1. The second kappa shape index (κ2) is 10.8. The highest BCUT2D eigenvalue weighted by Crippen LogP contribution is 2.34. The van der Waals surface area contributed by atoms with Crippen LogP contribution in [0.4, 0.5) is 5.69 Å². The molecule has 1 atom stereocenters. The van der Waals surface area contributed by atoms with Crippen LogP contribution >= 0.6 is 11.6 Å². The van der Waals surface area contributed by atoms with Crippen molar-refractivity contribution in [1.82, 2.24) is 9.80 Å². The highest BCUT2D eigenvalue weighted by Gasteiger charge is 2.32. The predicted molar refractivity (Wildman–Crippen MR) is 142 cm³/mol. The van der Waals surface area contributed by atoms with Crippen molar-refractivity contribution in [2.45, 2.75) is 59.0 Å². The SMILES string of the molecule is CC(C)CN(Cc1cc(Cl)c2c(c1)CCCCO2)C(=O)C1CCN(Cc2cccc3c2NCC3)C1. The van der Waals surface area contributed by atoms with E-state index >= 15 is 0 Å². The summed E-state index contributed by atoms with van der Waals surface area (Å²) in [6.07, 6.45) is 5.18. The third-order valence-electron chi connectivity index (χ3n) is 7.49. The standard InChI is InChI=1S/C29H38ClN3O2/c1-20(2)16-33(17-21-14-23-6-3-4-13-35-28(23)26(30)15-21)29(34)25-10-12-32(19-25)18-24-8-5-7-22-9-11-31-27(22)24/h5,7-8,14-15,20,25,31H,3-4,6,9-13,16-19H2,1-2H3. The van der Waals surface area contributed by atoms with Crippen LogP contribution in [-0.4, -0.2) is 48.5 Å². The summed E-state index contributed by atoms with van der Waals surface area (Å²) in [5.74, 6) is 1.58. The van der Waals surface area contributed by atoms with Crippen LogP contribution < -0.4 is 10.1 Å². The minimum Gasteiger partial charge on any atom is -0.492 e. The molecule has 188 valence electrons. The summed E-state index contributed by atoms with van der Waals surface area (Å²) in [6.45, 7) is 10.2. The lowest BCUT2D eigenvalue weighted by Crippen LogP contribution is -2.39. The number of benzene rings is 2. The molecule has 6 heteroatoms. The average Bonchev–Trinajstić information content (AvgIpc) is 3.43. The predicted octanol–water partition coefficient (Wildman–Crippen LogP) is 5.53. The number of likely N-dealkylation sites (tertiary alicyclic amines) is 1. The summed E-state index contributed by atoms with van der Waals surface area (Å²) in [4.78, 5) is 18.2. The fourth-order valence-electron chi connectivity index (χ4n) is 5.86. The molecule has 0 aromatic heterocycles. The Balaban J connectivity index is 1.27. The largest absolute Gasteiger partial charge is 0.492 e. The topological polar surface area (TPSA) is 44.8 Å². The number of nitrogens with one attached hydrogen (secondary N) is 1. The number of anilines is 1. The highest BCUT2D eigenvalue weighted by molar-refractivity contribution is 6.32. The van der Waals surface area contributed by atoms with Crippen molar-refractivity contribution in [1.29, 1.82) is 0 Å². The lowest BCUT2D eigenvalue weighted by molar-refractivity contribution is -0.136. The Morgan fingerprint density at radius 2 is 2.11 bits per heavy atom. The van der Waals surface area contributed by atoms with Gasteiger partial charge in [0.05, 0.1) is 17.5 Å². The van der Waals surface area contributed by atoms with E-state index in [0.717, 1.165) is 82.7 Å². The van der Waals surface area contributed by atoms with Gasteiger partial charge < -0.3 is 15.0 Å². The van der Waals surface area contributed by atoms with Crippen molar-refractivity contribution < 1.29 is 9.53 Å². The van der Waals surface area contributed by atoms with Crippen molar-refractivity contribution in [3.8, 4) is 5.75 Å². The zero-order valence-corrected chi connectivity index (χ0v) is 21.9. The number of hydrogen-bond acceptors (Lipinski definition) is 4. The number of carbonyl (C=O) groups is 1. The number of ether oxygens (including phenoxy) is 1. The molecule has 3 aliphatic rings. The molecule has 5 nitrogen and oxygen atoms in total. The summed E-state index contributed by atoms with van der Waals surface area (Å²) in [6, 6.07) is 10.8. The zero-order chi connectivity index (χ0) is 24.4. The van der Waals surface area contributed by atoms with Gasteiger partial charge in [0.2, 0.25) is 5.91 Å². The van der Waals surface area contributed by atoms with Gasteiger partial charge in [0, 0.05) is 38.4 Å².